The van der Waals surface area contributed by atoms with Crippen molar-refractivity contribution in [1.29, 1.82) is 0 Å². The number of hydrogen-bond acceptors (Lipinski definition) is 2. The van der Waals surface area contributed by atoms with E-state index in [0.29, 0.717) is 17.8 Å². The molecule has 0 bridgehead atoms. The molecule has 1 atom stereocenters. The molecule has 1 fully saturated rings. The maximum absolute atomic E-state index is 13.3. The number of hydrogen-bond donors (Lipinski definition) is 2. The summed E-state index contributed by atoms with van der Waals surface area (Å²) in [5.41, 5.74) is 6.62. The highest BCUT2D eigenvalue weighted by molar-refractivity contribution is 6.03. The van der Waals surface area contributed by atoms with Crippen LogP contribution < -0.4 is 11.1 Å². The van der Waals surface area contributed by atoms with E-state index in [1.165, 1.54) is 38.4 Å². The van der Waals surface area contributed by atoms with Crippen molar-refractivity contribution in [2.24, 2.45) is 20.7 Å². The van der Waals surface area contributed by atoms with Crippen molar-refractivity contribution in [2.45, 2.75) is 74.3 Å². The third-order valence-corrected chi connectivity index (χ3v) is 4.49. The number of aliphatic imine (C=N–C) groups is 3. The molecule has 1 aromatic carbocycles. The summed E-state index contributed by atoms with van der Waals surface area (Å²) >= 11 is 0. The number of likely N-dealkylation sites (tertiary alicyclic amines) is 1. The molecule has 1 aliphatic rings. The van der Waals surface area contributed by atoms with Crippen LogP contribution in [0.15, 0.2) is 33.2 Å². The SMILES string of the molecule is C.C=N/C(=N\C(N)=NCC)Nc1ccc(C)c(F)c1.CC.CCC1CCCN1CC. The van der Waals surface area contributed by atoms with Crippen molar-refractivity contribution >= 4 is 24.3 Å². The van der Waals surface area contributed by atoms with Crippen LogP contribution in [0.2, 0.25) is 0 Å². The zero-order valence-corrected chi connectivity index (χ0v) is 19.0. The summed E-state index contributed by atoms with van der Waals surface area (Å²) in [5, 5.41) is 2.81. The topological polar surface area (TPSA) is 78.4 Å². The average molecular weight is 423 g/mol. The Morgan fingerprint density at radius 1 is 1.30 bits per heavy atom. The molecule has 1 heterocycles. The predicted molar refractivity (Wildman–Crippen MR) is 133 cm³/mol. The van der Waals surface area contributed by atoms with E-state index in [4.69, 9.17) is 5.73 Å². The zero-order chi connectivity index (χ0) is 22.2. The van der Waals surface area contributed by atoms with E-state index >= 15 is 0 Å². The van der Waals surface area contributed by atoms with Gasteiger partial charge in [0.1, 0.15) is 5.82 Å². The molecule has 7 heteroatoms. The maximum Gasteiger partial charge on any atom is 0.229 e. The Balaban J connectivity index is 0. The number of guanidine groups is 2. The minimum atomic E-state index is -0.307. The van der Waals surface area contributed by atoms with Crippen LogP contribution in [0.3, 0.4) is 0 Å². The zero-order valence-electron chi connectivity index (χ0n) is 19.0. The van der Waals surface area contributed by atoms with Crippen LogP contribution >= 0.6 is 0 Å². The molecule has 0 aliphatic carbocycles. The average Bonchev–Trinajstić information content (AvgIpc) is 3.20. The van der Waals surface area contributed by atoms with Gasteiger partial charge in [0, 0.05) is 18.3 Å². The molecule has 0 saturated carbocycles. The summed E-state index contributed by atoms with van der Waals surface area (Å²) in [7, 11) is 0. The van der Waals surface area contributed by atoms with Gasteiger partial charge in [0.05, 0.1) is 0 Å². The van der Waals surface area contributed by atoms with Gasteiger partial charge in [-0.2, -0.15) is 4.99 Å². The second kappa shape index (κ2) is 17.6. The summed E-state index contributed by atoms with van der Waals surface area (Å²) in [6.45, 7) is 18.6. The lowest BCUT2D eigenvalue weighted by atomic mass is 10.2. The smallest absolute Gasteiger partial charge is 0.229 e. The first-order valence-corrected chi connectivity index (χ1v) is 10.6. The number of nitrogens with two attached hydrogens (primary N) is 1. The first-order valence-electron chi connectivity index (χ1n) is 10.6. The van der Waals surface area contributed by atoms with E-state index in [-0.39, 0.29) is 25.2 Å². The molecule has 0 radical (unpaired) electrons. The number of anilines is 1. The predicted octanol–water partition coefficient (Wildman–Crippen LogP) is 5.48. The molecule has 1 aromatic rings. The Morgan fingerprint density at radius 2 is 1.97 bits per heavy atom. The maximum atomic E-state index is 13.3. The molecule has 3 N–H and O–H groups in total. The van der Waals surface area contributed by atoms with E-state index in [1.54, 1.807) is 19.1 Å². The number of rotatable bonds is 4. The summed E-state index contributed by atoms with van der Waals surface area (Å²) in [4.78, 5) is 14.1. The first kappa shape index (κ1) is 29.9. The van der Waals surface area contributed by atoms with Gasteiger partial charge in [0.2, 0.25) is 11.9 Å². The Labute approximate surface area is 183 Å². The lowest BCUT2D eigenvalue weighted by Crippen LogP contribution is -2.28. The number of halogens is 1. The normalized spacial score (nSPS) is 16.4. The van der Waals surface area contributed by atoms with E-state index < -0.39 is 0 Å². The standard InChI is InChI=1S/C12H16FN5.C8H17N.C2H6.CH4/c1-4-16-11(14)18-12(15-3)17-9-6-5-8(2)10(13)7-9;1-3-8-6-5-7-9(8)4-2;1-2;/h5-7H,3-4H2,1-2H3,(H3,14,16,17,18);8H,3-7H2,1-2H3;1-2H3;1H4. The summed E-state index contributed by atoms with van der Waals surface area (Å²) in [6, 6.07) is 5.63. The van der Waals surface area contributed by atoms with Crippen molar-refractivity contribution in [1.82, 2.24) is 4.90 Å². The number of nitrogens with one attached hydrogen (secondary N) is 1. The molecular formula is C23H43FN6. The molecule has 1 saturated heterocycles. The van der Waals surface area contributed by atoms with Gasteiger partial charge < -0.3 is 16.0 Å². The second-order valence-corrected chi connectivity index (χ2v) is 6.35. The lowest BCUT2D eigenvalue weighted by Gasteiger charge is -2.20. The van der Waals surface area contributed by atoms with Crippen LogP contribution in [0, 0.1) is 12.7 Å². The molecule has 0 spiro atoms. The minimum absolute atomic E-state index is 0. The monoisotopic (exact) mass is 422 g/mol. The van der Waals surface area contributed by atoms with Crippen molar-refractivity contribution < 1.29 is 4.39 Å². The highest BCUT2D eigenvalue weighted by atomic mass is 19.1. The summed E-state index contributed by atoms with van der Waals surface area (Å²) in [5.74, 6) is -0.0356. The molecular weight excluding hydrogens is 379 g/mol. The number of benzene rings is 1. The van der Waals surface area contributed by atoms with Gasteiger partial charge in [-0.1, -0.05) is 41.2 Å². The molecule has 0 amide bonds. The highest BCUT2D eigenvalue weighted by Crippen LogP contribution is 2.18. The molecule has 2 rings (SSSR count). The number of aryl methyl sites for hydroxylation is 1. The van der Waals surface area contributed by atoms with Crippen LogP contribution in [0.4, 0.5) is 10.1 Å². The molecule has 0 aromatic heterocycles. The van der Waals surface area contributed by atoms with E-state index in [0.717, 1.165) is 6.04 Å². The lowest BCUT2D eigenvalue weighted by molar-refractivity contribution is 0.262. The fourth-order valence-electron chi connectivity index (χ4n) is 2.98. The van der Waals surface area contributed by atoms with Gasteiger partial charge in [-0.15, -0.1) is 0 Å². The molecule has 30 heavy (non-hydrogen) atoms. The Bertz CT molecular complexity index is 647. The minimum Gasteiger partial charge on any atom is -0.368 e. The van der Waals surface area contributed by atoms with Crippen LogP contribution in [0.5, 0.6) is 0 Å². The molecule has 172 valence electrons. The highest BCUT2D eigenvalue weighted by Gasteiger charge is 2.20. The van der Waals surface area contributed by atoms with Crippen molar-refractivity contribution in [2.75, 3.05) is 25.0 Å². The van der Waals surface area contributed by atoms with Gasteiger partial charge in [0.25, 0.3) is 0 Å². The van der Waals surface area contributed by atoms with E-state index in [2.05, 4.69) is 45.8 Å². The first-order chi connectivity index (χ1) is 13.9. The fourth-order valence-corrected chi connectivity index (χ4v) is 2.98. The number of nitrogens with zero attached hydrogens (tertiary/aromatic N) is 4. The van der Waals surface area contributed by atoms with Crippen LogP contribution in [-0.4, -0.2) is 49.2 Å². The van der Waals surface area contributed by atoms with Gasteiger partial charge >= 0.3 is 0 Å². The molecule has 1 aliphatic heterocycles. The van der Waals surface area contributed by atoms with Crippen molar-refractivity contribution in [3.8, 4) is 0 Å². The van der Waals surface area contributed by atoms with Gasteiger partial charge in [-0.05, 0) is 70.6 Å². The van der Waals surface area contributed by atoms with E-state index in [9.17, 15) is 4.39 Å². The van der Waals surface area contributed by atoms with Gasteiger partial charge in [-0.3, -0.25) is 4.99 Å². The second-order valence-electron chi connectivity index (χ2n) is 6.35. The van der Waals surface area contributed by atoms with Crippen molar-refractivity contribution in [3.63, 3.8) is 0 Å². The Morgan fingerprint density at radius 3 is 2.43 bits per heavy atom. The van der Waals surface area contributed by atoms with Gasteiger partial charge in [0.15, 0.2) is 0 Å². The van der Waals surface area contributed by atoms with Crippen molar-refractivity contribution in [3.05, 3.63) is 29.6 Å². The third kappa shape index (κ3) is 11.0. The Kier molecular flexibility index (Phi) is 17.5. The van der Waals surface area contributed by atoms with Crippen LogP contribution in [0.25, 0.3) is 0 Å². The quantitative estimate of drug-likeness (QED) is 0.498. The van der Waals surface area contributed by atoms with Crippen LogP contribution in [-0.2, 0) is 0 Å². The van der Waals surface area contributed by atoms with E-state index in [1.807, 2.05) is 20.8 Å². The Hall–Kier alpha value is -2.28. The summed E-state index contributed by atoms with van der Waals surface area (Å²) < 4.78 is 13.3. The molecule has 1 unspecified atom stereocenters. The third-order valence-electron chi connectivity index (χ3n) is 4.49. The fraction of sp³-hybridized carbons (Fsp3) is 0.609. The summed E-state index contributed by atoms with van der Waals surface area (Å²) in [6.07, 6.45) is 4.20. The van der Waals surface area contributed by atoms with Crippen LogP contribution in [0.1, 0.15) is 66.9 Å². The van der Waals surface area contributed by atoms with Gasteiger partial charge in [-0.25, -0.2) is 9.38 Å². The molecule has 6 nitrogen and oxygen atoms in total. The largest absolute Gasteiger partial charge is 0.368 e.